The summed E-state index contributed by atoms with van der Waals surface area (Å²) in [6, 6.07) is 0.313. The van der Waals surface area contributed by atoms with E-state index in [9.17, 15) is 4.79 Å². The number of aromatic amines is 1. The average molecular weight is 336 g/mol. The van der Waals surface area contributed by atoms with Gasteiger partial charge in [-0.3, -0.25) is 9.89 Å². The Bertz CT molecular complexity index is 567. The molecule has 2 N–H and O–H groups in total. The summed E-state index contributed by atoms with van der Waals surface area (Å²) >= 11 is 1.39. The van der Waals surface area contributed by atoms with Crippen molar-refractivity contribution in [2.24, 2.45) is 17.8 Å². The number of nitrogens with one attached hydrogen (secondary N) is 2. The van der Waals surface area contributed by atoms with Crippen molar-refractivity contribution < 1.29 is 9.53 Å². The summed E-state index contributed by atoms with van der Waals surface area (Å²) in [6.45, 7) is 2.72. The molecule has 0 unspecified atom stereocenters. The van der Waals surface area contributed by atoms with Crippen LogP contribution in [0, 0.1) is 24.7 Å². The molecule has 23 heavy (non-hydrogen) atoms. The van der Waals surface area contributed by atoms with Crippen LogP contribution in [0.2, 0.25) is 0 Å². The number of aryl methyl sites for hydroxylation is 1. The first-order valence-electron chi connectivity index (χ1n) is 8.65. The third-order valence-corrected chi connectivity index (χ3v) is 6.47. The van der Waals surface area contributed by atoms with Crippen molar-refractivity contribution in [3.05, 3.63) is 5.82 Å². The number of nitrogens with zero attached hydrogens (tertiary/aromatic N) is 2. The smallest absolute Gasteiger partial charge is 0.230 e. The summed E-state index contributed by atoms with van der Waals surface area (Å²) in [7, 11) is 0. The summed E-state index contributed by atoms with van der Waals surface area (Å²) < 4.78 is 5.94. The minimum atomic E-state index is 0.0933. The number of fused-ring (bicyclic) bond motifs is 1. The number of thioether (sulfide) groups is 1. The highest BCUT2D eigenvalue weighted by Gasteiger charge is 2.56. The van der Waals surface area contributed by atoms with Crippen molar-refractivity contribution in [3.63, 3.8) is 0 Å². The molecule has 1 aromatic heterocycles. The van der Waals surface area contributed by atoms with Crippen molar-refractivity contribution in [2.75, 3.05) is 12.4 Å². The van der Waals surface area contributed by atoms with Crippen LogP contribution in [0.1, 0.15) is 37.9 Å². The second kappa shape index (κ2) is 6.43. The third-order valence-electron chi connectivity index (χ3n) is 5.62. The second-order valence-electron chi connectivity index (χ2n) is 7.00. The summed E-state index contributed by atoms with van der Waals surface area (Å²) in [5.74, 6) is 3.05. The van der Waals surface area contributed by atoms with Gasteiger partial charge in [0.25, 0.3) is 0 Å². The molecule has 1 saturated heterocycles. The van der Waals surface area contributed by atoms with Gasteiger partial charge in [0.1, 0.15) is 5.82 Å². The Morgan fingerprint density at radius 2 is 2.22 bits per heavy atom. The molecule has 7 heteroatoms. The predicted molar refractivity (Wildman–Crippen MR) is 87.1 cm³/mol. The molecule has 0 aromatic carbocycles. The zero-order chi connectivity index (χ0) is 15.8. The van der Waals surface area contributed by atoms with Gasteiger partial charge >= 0.3 is 0 Å². The maximum absolute atomic E-state index is 12.3. The van der Waals surface area contributed by atoms with E-state index >= 15 is 0 Å². The van der Waals surface area contributed by atoms with Crippen LogP contribution in [0.4, 0.5) is 0 Å². The number of amides is 1. The van der Waals surface area contributed by atoms with Gasteiger partial charge in [-0.25, -0.2) is 4.98 Å². The van der Waals surface area contributed by atoms with Crippen LogP contribution in [0.5, 0.6) is 0 Å². The van der Waals surface area contributed by atoms with Gasteiger partial charge in [0, 0.05) is 24.5 Å². The molecule has 3 aliphatic rings. The van der Waals surface area contributed by atoms with Gasteiger partial charge < -0.3 is 10.1 Å². The highest BCUT2D eigenvalue weighted by atomic mass is 32.2. The molecule has 0 spiro atoms. The molecule has 2 saturated carbocycles. The first-order valence-corrected chi connectivity index (χ1v) is 9.63. The van der Waals surface area contributed by atoms with Gasteiger partial charge in [0.15, 0.2) is 0 Å². The van der Waals surface area contributed by atoms with Gasteiger partial charge in [0.05, 0.1) is 11.9 Å². The highest BCUT2D eigenvalue weighted by Crippen LogP contribution is 2.51. The number of H-pyrrole nitrogens is 1. The number of carbonyl (C=O) groups is 1. The topological polar surface area (TPSA) is 79.9 Å². The molecule has 4 rings (SSSR count). The normalized spacial score (nSPS) is 33.4. The molecule has 1 amide bonds. The Balaban J connectivity index is 1.33. The zero-order valence-electron chi connectivity index (χ0n) is 13.5. The molecule has 6 nitrogen and oxygen atoms in total. The van der Waals surface area contributed by atoms with E-state index in [2.05, 4.69) is 20.5 Å². The Morgan fingerprint density at radius 1 is 1.39 bits per heavy atom. The van der Waals surface area contributed by atoms with E-state index in [1.807, 2.05) is 6.92 Å². The van der Waals surface area contributed by atoms with Crippen LogP contribution in [0.3, 0.4) is 0 Å². The summed E-state index contributed by atoms with van der Waals surface area (Å²) in [6.07, 6.45) is 6.75. The van der Waals surface area contributed by atoms with E-state index in [1.165, 1.54) is 37.4 Å². The monoisotopic (exact) mass is 336 g/mol. The van der Waals surface area contributed by atoms with Gasteiger partial charge in [-0.15, -0.1) is 5.10 Å². The van der Waals surface area contributed by atoms with Crippen LogP contribution < -0.4 is 5.32 Å². The van der Waals surface area contributed by atoms with Crippen LogP contribution in [-0.4, -0.2) is 45.6 Å². The standard InChI is InChI=1S/C16H24N4O2S/c1-9-17-16(20-19-9)23-8-12(21)18-14-11-6-7-22-15(11)13(14)10-4-2-3-5-10/h10-11,13-15H,2-8H2,1H3,(H,18,21)(H,17,19,20)/t11-,13+,14-,15-/m0/s1. The minimum absolute atomic E-state index is 0.0933. The fourth-order valence-electron chi connectivity index (χ4n) is 4.60. The number of carbonyl (C=O) groups excluding carboxylic acids is 1. The number of hydrogen-bond acceptors (Lipinski definition) is 5. The van der Waals surface area contributed by atoms with Crippen molar-refractivity contribution in [1.29, 1.82) is 0 Å². The third kappa shape index (κ3) is 3.01. The molecule has 3 fully saturated rings. The van der Waals surface area contributed by atoms with Gasteiger partial charge in [0.2, 0.25) is 11.1 Å². The average Bonchev–Trinajstić information content (AvgIpc) is 3.25. The molecular formula is C16H24N4O2S. The first-order chi connectivity index (χ1) is 11.2. The highest BCUT2D eigenvalue weighted by molar-refractivity contribution is 7.99. The van der Waals surface area contributed by atoms with E-state index < -0.39 is 0 Å². The Morgan fingerprint density at radius 3 is 2.96 bits per heavy atom. The summed E-state index contributed by atoms with van der Waals surface area (Å²) in [4.78, 5) is 16.6. The Hall–Kier alpha value is -1.08. The van der Waals surface area contributed by atoms with Crippen LogP contribution >= 0.6 is 11.8 Å². The van der Waals surface area contributed by atoms with Crippen LogP contribution in [0.15, 0.2) is 5.16 Å². The van der Waals surface area contributed by atoms with Gasteiger partial charge in [-0.2, -0.15) is 0 Å². The fraction of sp³-hybridized carbons (Fsp3) is 0.812. The number of hydrogen-bond donors (Lipinski definition) is 2. The Kier molecular flexibility index (Phi) is 4.32. The van der Waals surface area contributed by atoms with Crippen LogP contribution in [0.25, 0.3) is 0 Å². The minimum Gasteiger partial charge on any atom is -0.377 e. The number of rotatable bonds is 5. The van der Waals surface area contributed by atoms with Gasteiger partial charge in [-0.05, 0) is 19.3 Å². The molecule has 0 bridgehead atoms. The lowest BCUT2D eigenvalue weighted by Gasteiger charge is -2.50. The maximum Gasteiger partial charge on any atom is 0.230 e. The lowest BCUT2D eigenvalue weighted by Crippen LogP contribution is -2.63. The molecule has 2 heterocycles. The van der Waals surface area contributed by atoms with Crippen molar-refractivity contribution in [2.45, 2.75) is 56.3 Å². The predicted octanol–water partition coefficient (Wildman–Crippen LogP) is 1.92. The molecule has 2 aliphatic carbocycles. The van der Waals surface area contributed by atoms with E-state index in [0.29, 0.717) is 34.9 Å². The molecule has 4 atom stereocenters. The second-order valence-corrected chi connectivity index (χ2v) is 7.94. The molecule has 126 valence electrons. The zero-order valence-corrected chi connectivity index (χ0v) is 14.3. The van der Waals surface area contributed by atoms with E-state index in [1.54, 1.807) is 0 Å². The molecule has 0 radical (unpaired) electrons. The van der Waals surface area contributed by atoms with E-state index in [-0.39, 0.29) is 5.91 Å². The molecular weight excluding hydrogens is 312 g/mol. The largest absolute Gasteiger partial charge is 0.377 e. The van der Waals surface area contributed by atoms with Crippen molar-refractivity contribution >= 4 is 17.7 Å². The SMILES string of the molecule is Cc1nc(SCC(=O)N[C@H]2[C@@H]3CCO[C@@H]3[C@@H]2C2CCCC2)n[nH]1. The van der Waals surface area contributed by atoms with E-state index in [0.717, 1.165) is 24.8 Å². The van der Waals surface area contributed by atoms with Crippen LogP contribution in [-0.2, 0) is 9.53 Å². The van der Waals surface area contributed by atoms with Crippen molar-refractivity contribution in [3.8, 4) is 0 Å². The molecule has 1 aliphatic heterocycles. The number of aromatic nitrogens is 3. The fourth-order valence-corrected chi connectivity index (χ4v) is 5.26. The summed E-state index contributed by atoms with van der Waals surface area (Å²) in [5.41, 5.74) is 0. The number of ether oxygens (including phenoxy) is 1. The first kappa shape index (κ1) is 15.4. The lowest BCUT2D eigenvalue weighted by atomic mass is 9.61. The van der Waals surface area contributed by atoms with E-state index in [4.69, 9.17) is 4.74 Å². The van der Waals surface area contributed by atoms with Crippen molar-refractivity contribution in [1.82, 2.24) is 20.5 Å². The Labute approximate surface area is 140 Å². The lowest BCUT2D eigenvalue weighted by molar-refractivity contribution is -0.127. The quantitative estimate of drug-likeness (QED) is 0.803. The molecule has 1 aromatic rings. The van der Waals surface area contributed by atoms with Gasteiger partial charge in [-0.1, -0.05) is 37.4 Å². The maximum atomic E-state index is 12.3. The summed E-state index contributed by atoms with van der Waals surface area (Å²) in [5, 5.41) is 10.8.